The molecule has 1 aliphatic carbocycles. The van der Waals surface area contributed by atoms with E-state index in [1.54, 1.807) is 12.1 Å². The van der Waals surface area contributed by atoms with Gasteiger partial charge in [0.25, 0.3) is 0 Å². The van der Waals surface area contributed by atoms with Gasteiger partial charge < -0.3 is 14.9 Å². The zero-order chi connectivity index (χ0) is 16.8. The van der Waals surface area contributed by atoms with Crippen LogP contribution >= 0.6 is 0 Å². The second-order valence-electron chi connectivity index (χ2n) is 6.23. The summed E-state index contributed by atoms with van der Waals surface area (Å²) in [5.74, 6) is -0.607. The molecule has 0 saturated heterocycles. The van der Waals surface area contributed by atoms with E-state index in [4.69, 9.17) is 4.74 Å². The van der Waals surface area contributed by atoms with Crippen LogP contribution in [-0.2, 0) is 6.54 Å². The number of hydrogen-bond acceptors (Lipinski definition) is 4. The topological polar surface area (TPSA) is 70.0 Å². The molecule has 1 saturated carbocycles. The van der Waals surface area contributed by atoms with Crippen LogP contribution in [0.3, 0.4) is 0 Å². The van der Waals surface area contributed by atoms with E-state index in [-0.39, 0.29) is 17.7 Å². The lowest BCUT2D eigenvalue weighted by Crippen LogP contribution is -2.45. The first-order valence-electron chi connectivity index (χ1n) is 8.39. The first-order chi connectivity index (χ1) is 11.1. The first kappa shape index (κ1) is 17.8. The minimum Gasteiger partial charge on any atom is -0.496 e. The molecule has 2 N–H and O–H groups in total. The van der Waals surface area contributed by atoms with Crippen molar-refractivity contribution in [3.63, 3.8) is 0 Å². The largest absolute Gasteiger partial charge is 0.496 e. The van der Waals surface area contributed by atoms with Gasteiger partial charge in [0.2, 0.25) is 0 Å². The molecule has 2 atom stereocenters. The fraction of sp³-hybridized carbons (Fsp3) is 0.611. The van der Waals surface area contributed by atoms with Crippen LogP contribution in [0.5, 0.6) is 5.75 Å². The standard InChI is InChI=1S/C18H27NO4/c1-3-10-19(15-6-4-5-7-16(15)20)12-13-8-9-17(23-2)14(11-13)18(21)22/h8-9,11,15-16,20H,3-7,10,12H2,1-2H3,(H,21,22)/t15-,16-/m1/s1. The number of aromatic carboxylic acids is 1. The van der Waals surface area contributed by atoms with Crippen molar-refractivity contribution >= 4 is 5.97 Å². The maximum Gasteiger partial charge on any atom is 0.339 e. The molecule has 23 heavy (non-hydrogen) atoms. The molecular formula is C18H27NO4. The number of carbonyl (C=O) groups is 1. The summed E-state index contributed by atoms with van der Waals surface area (Å²) < 4.78 is 5.11. The van der Waals surface area contributed by atoms with E-state index in [1.165, 1.54) is 7.11 Å². The molecule has 1 fully saturated rings. The number of carboxylic acids is 1. The Hall–Kier alpha value is -1.59. The molecule has 0 bridgehead atoms. The number of benzene rings is 1. The molecule has 0 heterocycles. The molecule has 5 heteroatoms. The Bertz CT molecular complexity index is 532. The normalized spacial score (nSPS) is 21.4. The molecule has 0 aromatic heterocycles. The summed E-state index contributed by atoms with van der Waals surface area (Å²) in [6, 6.07) is 5.46. The summed E-state index contributed by atoms with van der Waals surface area (Å²) in [5, 5.41) is 19.6. The number of nitrogens with zero attached hydrogens (tertiary/aromatic N) is 1. The Balaban J connectivity index is 2.19. The molecule has 0 radical (unpaired) electrons. The fourth-order valence-electron chi connectivity index (χ4n) is 3.42. The van der Waals surface area contributed by atoms with Crippen LogP contribution in [0.15, 0.2) is 18.2 Å². The number of aliphatic hydroxyl groups excluding tert-OH is 1. The van der Waals surface area contributed by atoms with Gasteiger partial charge in [0.1, 0.15) is 11.3 Å². The maximum atomic E-state index is 11.4. The fourth-order valence-corrected chi connectivity index (χ4v) is 3.42. The Morgan fingerprint density at radius 3 is 2.70 bits per heavy atom. The quantitative estimate of drug-likeness (QED) is 0.808. The van der Waals surface area contributed by atoms with Crippen molar-refractivity contribution in [3.8, 4) is 5.75 Å². The lowest BCUT2D eigenvalue weighted by Gasteiger charge is -2.37. The van der Waals surface area contributed by atoms with Crippen LogP contribution in [0, 0.1) is 0 Å². The van der Waals surface area contributed by atoms with Gasteiger partial charge in [-0.3, -0.25) is 4.90 Å². The number of hydrogen-bond donors (Lipinski definition) is 2. The van der Waals surface area contributed by atoms with Crippen molar-refractivity contribution in [2.24, 2.45) is 0 Å². The molecule has 0 amide bonds. The first-order valence-corrected chi connectivity index (χ1v) is 8.39. The molecule has 0 aliphatic heterocycles. The van der Waals surface area contributed by atoms with E-state index >= 15 is 0 Å². The molecule has 2 rings (SSSR count). The van der Waals surface area contributed by atoms with Gasteiger partial charge in [-0.25, -0.2) is 4.79 Å². The van der Waals surface area contributed by atoms with Gasteiger partial charge in [-0.1, -0.05) is 25.8 Å². The van der Waals surface area contributed by atoms with Gasteiger partial charge in [-0.05, 0) is 43.5 Å². The van der Waals surface area contributed by atoms with Crippen molar-refractivity contribution in [1.29, 1.82) is 0 Å². The summed E-state index contributed by atoms with van der Waals surface area (Å²) in [6.45, 7) is 3.68. The van der Waals surface area contributed by atoms with Crippen LogP contribution in [0.2, 0.25) is 0 Å². The van der Waals surface area contributed by atoms with Crippen molar-refractivity contribution in [1.82, 2.24) is 4.90 Å². The summed E-state index contributed by atoms with van der Waals surface area (Å²) >= 11 is 0. The van der Waals surface area contributed by atoms with Crippen LogP contribution in [-0.4, -0.2) is 46.9 Å². The highest BCUT2D eigenvalue weighted by molar-refractivity contribution is 5.91. The zero-order valence-electron chi connectivity index (χ0n) is 14.0. The number of ether oxygens (including phenoxy) is 1. The SMILES string of the molecule is CCCN(Cc1ccc(OC)c(C(=O)O)c1)[C@@H]1CCCC[C@H]1O. The van der Waals surface area contributed by atoms with Gasteiger partial charge in [-0.2, -0.15) is 0 Å². The van der Waals surface area contributed by atoms with Crippen molar-refractivity contribution < 1.29 is 19.7 Å². The summed E-state index contributed by atoms with van der Waals surface area (Å²) in [6.07, 6.45) is 4.81. The Kier molecular flexibility index (Phi) is 6.42. The molecule has 0 spiro atoms. The monoisotopic (exact) mass is 321 g/mol. The third-order valence-electron chi connectivity index (χ3n) is 4.55. The molecule has 1 aromatic rings. The van der Waals surface area contributed by atoms with E-state index in [9.17, 15) is 15.0 Å². The predicted molar refractivity (Wildman–Crippen MR) is 88.9 cm³/mol. The zero-order valence-corrected chi connectivity index (χ0v) is 14.0. The van der Waals surface area contributed by atoms with Crippen LogP contribution < -0.4 is 4.74 Å². The average molecular weight is 321 g/mol. The average Bonchev–Trinajstić information content (AvgIpc) is 2.55. The molecule has 5 nitrogen and oxygen atoms in total. The minimum atomic E-state index is -0.983. The Morgan fingerprint density at radius 1 is 1.35 bits per heavy atom. The van der Waals surface area contributed by atoms with E-state index < -0.39 is 5.97 Å². The smallest absolute Gasteiger partial charge is 0.339 e. The minimum absolute atomic E-state index is 0.166. The molecule has 0 unspecified atom stereocenters. The number of methoxy groups -OCH3 is 1. The van der Waals surface area contributed by atoms with Crippen molar-refractivity contribution in [2.45, 2.75) is 57.7 Å². The van der Waals surface area contributed by atoms with E-state index in [2.05, 4.69) is 11.8 Å². The third kappa shape index (κ3) is 4.45. The van der Waals surface area contributed by atoms with Crippen LogP contribution in [0.25, 0.3) is 0 Å². The molecule has 128 valence electrons. The van der Waals surface area contributed by atoms with Gasteiger partial charge in [0.15, 0.2) is 0 Å². The maximum absolute atomic E-state index is 11.4. The van der Waals surface area contributed by atoms with Gasteiger partial charge in [-0.15, -0.1) is 0 Å². The van der Waals surface area contributed by atoms with Gasteiger partial charge in [0.05, 0.1) is 13.2 Å². The second kappa shape index (κ2) is 8.31. The van der Waals surface area contributed by atoms with Gasteiger partial charge in [0, 0.05) is 12.6 Å². The van der Waals surface area contributed by atoms with E-state index in [1.807, 2.05) is 6.07 Å². The summed E-state index contributed by atoms with van der Waals surface area (Å²) in [5.41, 5.74) is 1.13. The highest BCUT2D eigenvalue weighted by Gasteiger charge is 2.28. The number of aliphatic hydroxyl groups is 1. The Labute approximate surface area is 137 Å². The van der Waals surface area contributed by atoms with Gasteiger partial charge >= 0.3 is 5.97 Å². The molecule has 1 aromatic carbocycles. The summed E-state index contributed by atoms with van der Waals surface area (Å²) in [4.78, 5) is 13.7. The lowest BCUT2D eigenvalue weighted by atomic mass is 9.91. The van der Waals surface area contributed by atoms with E-state index in [0.29, 0.717) is 12.3 Å². The second-order valence-corrected chi connectivity index (χ2v) is 6.23. The lowest BCUT2D eigenvalue weighted by molar-refractivity contribution is 0.0156. The molecule has 1 aliphatic rings. The van der Waals surface area contributed by atoms with Crippen LogP contribution in [0.1, 0.15) is 54.9 Å². The van der Waals surface area contributed by atoms with Crippen molar-refractivity contribution in [2.75, 3.05) is 13.7 Å². The highest BCUT2D eigenvalue weighted by Crippen LogP contribution is 2.26. The Morgan fingerprint density at radius 2 is 2.09 bits per heavy atom. The molecular weight excluding hydrogens is 294 g/mol. The number of rotatable bonds is 7. The summed E-state index contributed by atoms with van der Waals surface area (Å²) in [7, 11) is 1.48. The highest BCUT2D eigenvalue weighted by atomic mass is 16.5. The van der Waals surface area contributed by atoms with E-state index in [0.717, 1.165) is 44.2 Å². The van der Waals surface area contributed by atoms with Crippen molar-refractivity contribution in [3.05, 3.63) is 29.3 Å². The third-order valence-corrected chi connectivity index (χ3v) is 4.55. The predicted octanol–water partition coefficient (Wildman–Crippen LogP) is 2.91. The number of carboxylic acid groups (broad SMARTS) is 1. The van der Waals surface area contributed by atoms with Crippen LogP contribution in [0.4, 0.5) is 0 Å².